The number of H-pyrrole nitrogens is 1. The minimum Gasteiger partial charge on any atom is -0.342 e. The maximum Gasteiger partial charge on any atom is 0.253 e. The molecule has 0 fully saturated rings. The van der Waals surface area contributed by atoms with Crippen LogP contribution in [0.3, 0.4) is 0 Å². The van der Waals surface area contributed by atoms with Crippen LogP contribution in [0.1, 0.15) is 25.5 Å². The number of fused-ring (bicyclic) bond motifs is 1. The van der Waals surface area contributed by atoms with Gasteiger partial charge in [0.15, 0.2) is 5.17 Å². The topological polar surface area (TPSA) is 48.5 Å². The number of hydrogen-bond acceptors (Lipinski definition) is 4. The van der Waals surface area contributed by atoms with E-state index in [0.717, 1.165) is 34.8 Å². The lowest BCUT2D eigenvalue weighted by molar-refractivity contribution is 0.272. The lowest BCUT2D eigenvalue weighted by atomic mass is 9.95. The number of nitrogens with zero attached hydrogens (tertiary/aromatic N) is 2. The Labute approximate surface area is 173 Å². The first-order chi connectivity index (χ1) is 14.0. The number of aromatic nitrogens is 1. The Morgan fingerprint density at radius 2 is 2.00 bits per heavy atom. The van der Waals surface area contributed by atoms with E-state index in [1.54, 1.807) is 23.9 Å². The van der Waals surface area contributed by atoms with Gasteiger partial charge in [0.1, 0.15) is 5.82 Å². The van der Waals surface area contributed by atoms with E-state index in [9.17, 15) is 9.18 Å². The second-order valence-corrected chi connectivity index (χ2v) is 8.36. The van der Waals surface area contributed by atoms with Gasteiger partial charge in [0.05, 0.1) is 12.6 Å². The highest BCUT2D eigenvalue weighted by Crippen LogP contribution is 2.32. The van der Waals surface area contributed by atoms with Crippen molar-refractivity contribution in [2.75, 3.05) is 19.3 Å². The Morgan fingerprint density at radius 1 is 1.17 bits per heavy atom. The minimum atomic E-state index is -0.263. The molecule has 1 aromatic heterocycles. The fourth-order valence-electron chi connectivity index (χ4n) is 4.05. The molecule has 4 nitrogen and oxygen atoms in total. The summed E-state index contributed by atoms with van der Waals surface area (Å²) < 4.78 is 14.2. The van der Waals surface area contributed by atoms with Crippen molar-refractivity contribution < 1.29 is 4.39 Å². The zero-order chi connectivity index (χ0) is 20.5. The molecule has 1 aliphatic heterocycles. The average molecular weight is 410 g/mol. The second kappa shape index (κ2) is 8.03. The van der Waals surface area contributed by atoms with E-state index in [0.29, 0.717) is 11.1 Å². The van der Waals surface area contributed by atoms with Crippen LogP contribution in [-0.2, 0) is 0 Å². The summed E-state index contributed by atoms with van der Waals surface area (Å²) in [6, 6.07) is 14.4. The quantitative estimate of drug-likeness (QED) is 0.655. The molecular formula is C23H24FN3OS. The minimum absolute atomic E-state index is 0.0319. The second-order valence-electron chi connectivity index (χ2n) is 7.58. The molecule has 0 radical (unpaired) electrons. The molecule has 0 saturated heterocycles. The van der Waals surface area contributed by atoms with Crippen molar-refractivity contribution in [3.05, 3.63) is 70.3 Å². The molecule has 1 aliphatic rings. The Balaban J connectivity index is 1.73. The van der Waals surface area contributed by atoms with Crippen LogP contribution in [-0.4, -0.2) is 34.4 Å². The third-order valence-corrected chi connectivity index (χ3v) is 6.11. The monoisotopic (exact) mass is 409 g/mol. The number of nitrogens with one attached hydrogen (secondary N) is 1. The number of hydrogen-bond donors (Lipinski definition) is 1. The molecule has 6 heteroatoms. The van der Waals surface area contributed by atoms with Crippen molar-refractivity contribution in [1.29, 1.82) is 0 Å². The predicted octanol–water partition coefficient (Wildman–Crippen LogP) is 5.07. The molecule has 1 N–H and O–H groups in total. The third-order valence-electron chi connectivity index (χ3n) is 5.38. The smallest absolute Gasteiger partial charge is 0.253 e. The number of benzene rings is 2. The summed E-state index contributed by atoms with van der Waals surface area (Å²) in [6.07, 6.45) is 2.01. The van der Waals surface area contributed by atoms with E-state index in [-0.39, 0.29) is 23.3 Å². The lowest BCUT2D eigenvalue weighted by Crippen LogP contribution is -2.36. The molecule has 0 bridgehead atoms. The van der Waals surface area contributed by atoms with Crippen molar-refractivity contribution in [2.45, 2.75) is 19.9 Å². The van der Waals surface area contributed by atoms with Crippen molar-refractivity contribution >= 4 is 27.7 Å². The average Bonchev–Trinajstić information content (AvgIpc) is 3.17. The molecule has 1 unspecified atom stereocenters. The molecule has 0 amide bonds. The van der Waals surface area contributed by atoms with Crippen LogP contribution in [0.2, 0.25) is 0 Å². The van der Waals surface area contributed by atoms with Crippen molar-refractivity contribution in [3.63, 3.8) is 0 Å². The predicted molar refractivity (Wildman–Crippen MR) is 120 cm³/mol. The van der Waals surface area contributed by atoms with Gasteiger partial charge >= 0.3 is 0 Å². The molecule has 0 aliphatic carbocycles. The molecule has 2 aromatic carbocycles. The number of amidine groups is 1. The van der Waals surface area contributed by atoms with Crippen LogP contribution in [0.15, 0.2) is 58.3 Å². The zero-order valence-electron chi connectivity index (χ0n) is 16.8. The van der Waals surface area contributed by atoms with Crippen molar-refractivity contribution in [2.24, 2.45) is 10.9 Å². The summed E-state index contributed by atoms with van der Waals surface area (Å²) in [4.78, 5) is 22.8. The van der Waals surface area contributed by atoms with Gasteiger partial charge in [-0.2, -0.15) is 0 Å². The summed E-state index contributed by atoms with van der Waals surface area (Å²) in [5.74, 6) is -0.00623. The third kappa shape index (κ3) is 3.69. The first kappa shape index (κ1) is 19.7. The molecule has 150 valence electrons. The van der Waals surface area contributed by atoms with Gasteiger partial charge < -0.3 is 9.88 Å². The maximum absolute atomic E-state index is 14.2. The highest BCUT2D eigenvalue weighted by atomic mass is 32.2. The summed E-state index contributed by atoms with van der Waals surface area (Å²) in [5.41, 5.74) is 2.10. The summed E-state index contributed by atoms with van der Waals surface area (Å²) in [7, 11) is 0. The molecule has 3 aromatic rings. The highest BCUT2D eigenvalue weighted by Gasteiger charge is 2.30. The van der Waals surface area contributed by atoms with Crippen molar-refractivity contribution in [3.8, 4) is 11.3 Å². The zero-order valence-corrected chi connectivity index (χ0v) is 17.6. The van der Waals surface area contributed by atoms with Gasteiger partial charge in [0.25, 0.3) is 5.56 Å². The first-order valence-electron chi connectivity index (χ1n) is 9.76. The summed E-state index contributed by atoms with van der Waals surface area (Å²) in [5, 5.41) is 2.37. The lowest BCUT2D eigenvalue weighted by Gasteiger charge is -2.32. The number of aromatic amines is 1. The van der Waals surface area contributed by atoms with Crippen LogP contribution >= 0.6 is 11.8 Å². The fraction of sp³-hybridized carbons (Fsp3) is 0.304. The van der Waals surface area contributed by atoms with E-state index >= 15 is 0 Å². The van der Waals surface area contributed by atoms with Gasteiger partial charge in [-0.1, -0.05) is 49.9 Å². The van der Waals surface area contributed by atoms with Gasteiger partial charge in [0.2, 0.25) is 0 Å². The van der Waals surface area contributed by atoms with Gasteiger partial charge in [0, 0.05) is 23.2 Å². The maximum atomic E-state index is 14.2. The Morgan fingerprint density at radius 3 is 2.72 bits per heavy atom. The fourth-order valence-corrected chi connectivity index (χ4v) is 4.71. The number of thioether (sulfide) groups is 1. The molecule has 1 atom stereocenters. The highest BCUT2D eigenvalue weighted by molar-refractivity contribution is 8.13. The standard InChI is InChI=1S/C23H24FN3OS/c1-14(2)21(27-12-11-25-23(27)29-3)17-9-10-20(26-22(17)28)16-8-7-15-5-4-6-19(24)18(15)13-16/h4-10,13-14,21H,11-12H2,1-3H3,(H,26,28). The van der Waals surface area contributed by atoms with Gasteiger partial charge in [-0.3, -0.25) is 9.79 Å². The normalized spacial score (nSPS) is 15.2. The number of halogens is 1. The Hall–Kier alpha value is -2.60. The number of aliphatic imine (C=N–C) groups is 1. The van der Waals surface area contributed by atoms with Gasteiger partial charge in [-0.05, 0) is 47.4 Å². The molecule has 0 saturated carbocycles. The Bertz CT molecular complexity index is 1140. The Kier molecular flexibility index (Phi) is 5.46. The van der Waals surface area contributed by atoms with Gasteiger partial charge in [-0.25, -0.2) is 4.39 Å². The molecule has 29 heavy (non-hydrogen) atoms. The van der Waals surface area contributed by atoms with Crippen LogP contribution < -0.4 is 5.56 Å². The van der Waals surface area contributed by atoms with E-state index in [1.165, 1.54) is 6.07 Å². The van der Waals surface area contributed by atoms with Crippen LogP contribution in [0, 0.1) is 11.7 Å². The molecule has 2 heterocycles. The van der Waals surface area contributed by atoms with E-state index < -0.39 is 0 Å². The number of pyridine rings is 1. The van der Waals surface area contributed by atoms with Crippen LogP contribution in [0.4, 0.5) is 4.39 Å². The first-order valence-corrected chi connectivity index (χ1v) is 11.0. The van der Waals surface area contributed by atoms with Crippen LogP contribution in [0.25, 0.3) is 22.0 Å². The summed E-state index contributed by atoms with van der Waals surface area (Å²) >= 11 is 1.62. The SMILES string of the molecule is CSC1=NCCN1C(c1ccc(-c2ccc3cccc(F)c3c2)[nH]c1=O)C(C)C. The van der Waals surface area contributed by atoms with E-state index in [2.05, 4.69) is 28.7 Å². The van der Waals surface area contributed by atoms with E-state index in [4.69, 9.17) is 0 Å². The van der Waals surface area contributed by atoms with Gasteiger partial charge in [-0.15, -0.1) is 0 Å². The van der Waals surface area contributed by atoms with Crippen LogP contribution in [0.5, 0.6) is 0 Å². The summed E-state index contributed by atoms with van der Waals surface area (Å²) in [6.45, 7) is 5.84. The van der Waals surface area contributed by atoms with Crippen molar-refractivity contribution in [1.82, 2.24) is 9.88 Å². The largest absolute Gasteiger partial charge is 0.342 e. The number of rotatable bonds is 4. The van der Waals surface area contributed by atoms with E-state index in [1.807, 2.05) is 36.6 Å². The molecule has 4 rings (SSSR count). The molecular weight excluding hydrogens is 385 g/mol. The molecule has 0 spiro atoms.